The molecular formula is C36H64O31. The van der Waals surface area contributed by atoms with E-state index in [-0.39, 0.29) is 0 Å². The second-order valence-electron chi connectivity index (χ2n) is 16.3. The average molecular weight is 993 g/mol. The van der Waals surface area contributed by atoms with Crippen molar-refractivity contribution in [2.45, 2.75) is 172 Å². The fourth-order valence-corrected chi connectivity index (χ4v) is 7.88. The Kier molecular flexibility index (Phi) is 21.5. The minimum atomic E-state index is -2.20. The number of aliphatic hydroxyl groups is 20. The summed E-state index contributed by atoms with van der Waals surface area (Å²) in [6, 6.07) is 0. The van der Waals surface area contributed by atoms with Crippen LogP contribution >= 0.6 is 0 Å². The number of rotatable bonds is 21. The van der Waals surface area contributed by atoms with Crippen molar-refractivity contribution in [2.24, 2.45) is 0 Å². The molecule has 5 fully saturated rings. The number of hydrogen-bond donors (Lipinski definition) is 20. The second kappa shape index (κ2) is 25.4. The van der Waals surface area contributed by atoms with Gasteiger partial charge in [-0.05, 0) is 0 Å². The van der Waals surface area contributed by atoms with Crippen molar-refractivity contribution >= 4 is 0 Å². The Bertz CT molecular complexity index is 1440. The van der Waals surface area contributed by atoms with Gasteiger partial charge >= 0.3 is 0 Å². The first-order chi connectivity index (χ1) is 31.8. The quantitative estimate of drug-likeness (QED) is 0.0475. The van der Waals surface area contributed by atoms with Crippen molar-refractivity contribution in [3.05, 3.63) is 0 Å². The van der Waals surface area contributed by atoms with Crippen LogP contribution in [0.15, 0.2) is 0 Å². The molecule has 0 bridgehead atoms. The maximum absolute atomic E-state index is 11.4. The zero-order valence-corrected chi connectivity index (χ0v) is 35.3. The van der Waals surface area contributed by atoms with Crippen LogP contribution in [-0.2, 0) is 52.1 Å². The Balaban J connectivity index is 1.28. The lowest BCUT2D eigenvalue weighted by Gasteiger charge is -2.48. The van der Waals surface area contributed by atoms with E-state index in [1.54, 1.807) is 0 Å². The second-order valence-corrected chi connectivity index (χ2v) is 16.3. The molecular weight excluding hydrogens is 928 g/mol. The van der Waals surface area contributed by atoms with E-state index in [9.17, 15) is 102 Å². The molecule has 5 aliphatic rings. The summed E-state index contributed by atoms with van der Waals surface area (Å²) in [5.74, 6) is 0. The molecule has 0 aliphatic carbocycles. The molecule has 0 aromatic carbocycles. The molecule has 31 heteroatoms. The molecule has 0 amide bonds. The third-order valence-corrected chi connectivity index (χ3v) is 11.8. The molecule has 0 spiro atoms. The molecule has 0 saturated carbocycles. The largest absolute Gasteiger partial charge is 0.394 e. The van der Waals surface area contributed by atoms with Gasteiger partial charge in [0, 0.05) is 0 Å². The summed E-state index contributed by atoms with van der Waals surface area (Å²) in [5.41, 5.74) is 0. The van der Waals surface area contributed by atoms with Gasteiger partial charge in [0.1, 0.15) is 134 Å². The highest BCUT2D eigenvalue weighted by molar-refractivity contribution is 4.98. The highest BCUT2D eigenvalue weighted by atomic mass is 16.8. The van der Waals surface area contributed by atoms with Gasteiger partial charge in [-0.1, -0.05) is 0 Å². The van der Waals surface area contributed by atoms with E-state index in [0.717, 1.165) is 0 Å². The van der Waals surface area contributed by atoms with E-state index in [1.165, 1.54) is 0 Å². The predicted molar refractivity (Wildman–Crippen MR) is 201 cm³/mol. The third kappa shape index (κ3) is 12.7. The van der Waals surface area contributed by atoms with Gasteiger partial charge in [-0.25, -0.2) is 0 Å². The molecule has 0 radical (unpaired) electrons. The van der Waals surface area contributed by atoms with E-state index in [1.807, 2.05) is 0 Å². The highest BCUT2D eigenvalue weighted by Gasteiger charge is 2.56. The van der Waals surface area contributed by atoms with Crippen LogP contribution in [0.1, 0.15) is 0 Å². The summed E-state index contributed by atoms with van der Waals surface area (Å²) in [7, 11) is 0. The summed E-state index contributed by atoms with van der Waals surface area (Å²) in [4.78, 5) is 0. The number of hydrogen-bond acceptors (Lipinski definition) is 31. The van der Waals surface area contributed by atoms with E-state index in [2.05, 4.69) is 0 Å². The Morgan fingerprint density at radius 1 is 0.403 bits per heavy atom. The topological polar surface area (TPSA) is 506 Å². The molecule has 394 valence electrons. The number of ether oxygens (including phenoxy) is 11. The molecule has 0 aromatic rings. The Morgan fingerprint density at radius 2 is 0.806 bits per heavy atom. The van der Waals surface area contributed by atoms with Crippen LogP contribution in [-0.4, -0.2) is 327 Å². The summed E-state index contributed by atoms with van der Waals surface area (Å²) in [5, 5.41) is 209. The molecule has 5 aliphatic heterocycles. The first-order valence-corrected chi connectivity index (χ1v) is 21.1. The predicted octanol–water partition coefficient (Wildman–Crippen LogP) is -13.9. The van der Waals surface area contributed by atoms with E-state index < -0.39 is 225 Å². The molecule has 20 N–H and O–H groups in total. The lowest BCUT2D eigenvalue weighted by molar-refractivity contribution is -0.385. The van der Waals surface area contributed by atoms with E-state index in [4.69, 9.17) is 52.1 Å². The van der Waals surface area contributed by atoms with Gasteiger partial charge in [0.05, 0.1) is 52.9 Å². The van der Waals surface area contributed by atoms with Crippen LogP contribution in [0.5, 0.6) is 0 Å². The van der Waals surface area contributed by atoms with Crippen molar-refractivity contribution in [1.29, 1.82) is 0 Å². The van der Waals surface area contributed by atoms with E-state index in [0.29, 0.717) is 0 Å². The SMILES string of the molecule is OCCO[C@@H](OC1C(O)[C@H](OC2C(O)[C@@H](O)OC(CO[C@@H]3OC(CO)[C@@H](O)C(O[C@@H]4OC(CO)[C@@H](O)C(O[C@@H]5OC(CO)[C@@H](O)C(O)C5O)C4O)C3O)[C@H]2O)OC(CO)[C@H]1O)C(O)C(O)CO. The third-order valence-electron chi connectivity index (χ3n) is 11.8. The molecule has 17 unspecified atom stereocenters. The summed E-state index contributed by atoms with van der Waals surface area (Å²) in [6.07, 6.45) is -54.1. The number of aliphatic hydroxyl groups excluding tert-OH is 20. The lowest BCUT2D eigenvalue weighted by atomic mass is 9.96. The Labute approximate surface area is 379 Å². The Hall–Kier alpha value is -1.24. The van der Waals surface area contributed by atoms with E-state index >= 15 is 0 Å². The van der Waals surface area contributed by atoms with Gasteiger partial charge < -0.3 is 154 Å². The summed E-state index contributed by atoms with van der Waals surface area (Å²) in [6.45, 7) is -6.81. The van der Waals surface area contributed by atoms with Gasteiger partial charge in [-0.3, -0.25) is 0 Å². The van der Waals surface area contributed by atoms with Crippen molar-refractivity contribution in [1.82, 2.24) is 0 Å². The maximum atomic E-state index is 11.4. The van der Waals surface area contributed by atoms with Gasteiger partial charge in [-0.2, -0.15) is 0 Å². The van der Waals surface area contributed by atoms with Crippen molar-refractivity contribution in [3.63, 3.8) is 0 Å². The van der Waals surface area contributed by atoms with Crippen LogP contribution < -0.4 is 0 Å². The highest BCUT2D eigenvalue weighted by Crippen LogP contribution is 2.35. The minimum Gasteiger partial charge on any atom is -0.394 e. The molecule has 5 saturated heterocycles. The van der Waals surface area contributed by atoms with Crippen molar-refractivity contribution < 1.29 is 154 Å². The zero-order valence-electron chi connectivity index (χ0n) is 35.3. The van der Waals surface area contributed by atoms with Crippen LogP contribution in [0, 0.1) is 0 Å². The molecule has 31 nitrogen and oxygen atoms in total. The van der Waals surface area contributed by atoms with Crippen LogP contribution in [0.4, 0.5) is 0 Å². The Morgan fingerprint density at radius 3 is 1.28 bits per heavy atom. The fraction of sp³-hybridized carbons (Fsp3) is 1.00. The molecule has 67 heavy (non-hydrogen) atoms. The minimum absolute atomic E-state index is 0.514. The van der Waals surface area contributed by atoms with Gasteiger partial charge in [0.25, 0.3) is 0 Å². The van der Waals surface area contributed by atoms with Crippen LogP contribution in [0.3, 0.4) is 0 Å². The standard InChI is InChI=1S/C36H64O31/c37-1-2-57-32(15(44)9(43)3-38)64-29-18(47)12(6-41)62-35(25(29)54)65-27-20(49)14(59-31(56)23(27)52)8-58-33-24(53)28(17(46)11(5-40)60-33)67-36-26(55)30(19(48)13(7-42)63-36)66-34-22(51)21(50)16(45)10(4-39)61-34/h9-56H,1-8H2/t9?,10?,11?,12?,13?,14?,15?,16-,17-,18-,19-,20-,21?,22?,23?,24?,25?,26?,27?,28?,29?,30?,31+,32+,33-,34+,35+,36+/m1/s1. The molecule has 28 atom stereocenters. The average Bonchev–Trinajstić information content (AvgIpc) is 3.32. The van der Waals surface area contributed by atoms with Crippen LogP contribution in [0.25, 0.3) is 0 Å². The maximum Gasteiger partial charge on any atom is 0.187 e. The summed E-state index contributed by atoms with van der Waals surface area (Å²) < 4.78 is 60.1. The molecule has 5 heterocycles. The van der Waals surface area contributed by atoms with Crippen molar-refractivity contribution in [2.75, 3.05) is 52.9 Å². The molecule has 5 rings (SSSR count). The molecule has 0 aromatic heterocycles. The smallest absolute Gasteiger partial charge is 0.187 e. The first-order valence-electron chi connectivity index (χ1n) is 21.1. The van der Waals surface area contributed by atoms with Gasteiger partial charge in [0.15, 0.2) is 37.7 Å². The summed E-state index contributed by atoms with van der Waals surface area (Å²) >= 11 is 0. The first kappa shape index (κ1) is 56.7. The van der Waals surface area contributed by atoms with Gasteiger partial charge in [0.2, 0.25) is 0 Å². The fourth-order valence-electron chi connectivity index (χ4n) is 7.88. The monoisotopic (exact) mass is 992 g/mol. The lowest BCUT2D eigenvalue weighted by Crippen LogP contribution is -2.67. The van der Waals surface area contributed by atoms with Crippen molar-refractivity contribution in [3.8, 4) is 0 Å². The van der Waals surface area contributed by atoms with Crippen LogP contribution in [0.2, 0.25) is 0 Å². The van der Waals surface area contributed by atoms with Gasteiger partial charge in [-0.15, -0.1) is 0 Å². The zero-order chi connectivity index (χ0) is 49.6. The normalized spacial score (nSPS) is 47.9.